The fraction of sp³-hybridized carbons (Fsp3) is 0.417. The first-order valence-corrected chi connectivity index (χ1v) is 5.43. The minimum absolute atomic E-state index is 0.0190. The van der Waals surface area contributed by atoms with Crippen LogP contribution in [0.25, 0.3) is 0 Å². The molecule has 1 saturated heterocycles. The summed E-state index contributed by atoms with van der Waals surface area (Å²) in [6.07, 6.45) is -4.19. The van der Waals surface area contributed by atoms with E-state index in [1.54, 1.807) is 6.07 Å². The minimum Gasteiger partial charge on any atom is -0.371 e. The highest BCUT2D eigenvalue weighted by atomic mass is 19.4. The van der Waals surface area contributed by atoms with E-state index in [1.807, 2.05) is 0 Å². The summed E-state index contributed by atoms with van der Waals surface area (Å²) in [7, 11) is 0. The van der Waals surface area contributed by atoms with Crippen LogP contribution >= 0.6 is 0 Å². The quantitative estimate of drug-likeness (QED) is 0.724. The Hall–Kier alpha value is -1.77. The number of nitrogens with zero attached hydrogens (tertiary/aromatic N) is 2. The summed E-state index contributed by atoms with van der Waals surface area (Å²) in [6, 6.07) is 5.54. The van der Waals surface area contributed by atoms with Gasteiger partial charge in [0.05, 0.1) is 11.5 Å². The SMILES string of the molecule is N#Cc1ccc(N2CC[C@H](C(F)(F)F)C2)cc1F. The number of hydrogen-bond donors (Lipinski definition) is 0. The zero-order valence-electron chi connectivity index (χ0n) is 9.34. The van der Waals surface area contributed by atoms with Gasteiger partial charge in [0, 0.05) is 18.8 Å². The van der Waals surface area contributed by atoms with Crippen molar-refractivity contribution in [3.63, 3.8) is 0 Å². The van der Waals surface area contributed by atoms with Crippen molar-refractivity contribution in [3.05, 3.63) is 29.6 Å². The van der Waals surface area contributed by atoms with Crippen molar-refractivity contribution in [1.29, 1.82) is 5.26 Å². The van der Waals surface area contributed by atoms with Crippen LogP contribution in [0.15, 0.2) is 18.2 Å². The smallest absolute Gasteiger partial charge is 0.371 e. The molecule has 0 N–H and O–H groups in total. The van der Waals surface area contributed by atoms with Crippen molar-refractivity contribution >= 4 is 5.69 Å². The van der Waals surface area contributed by atoms with Gasteiger partial charge in [-0.05, 0) is 24.6 Å². The zero-order chi connectivity index (χ0) is 13.3. The summed E-state index contributed by atoms with van der Waals surface area (Å²) >= 11 is 0. The standard InChI is InChI=1S/C12H10F4N2/c13-11-5-10(2-1-8(11)6-17)18-4-3-9(7-18)12(14,15)16/h1-2,5,9H,3-4,7H2/t9-/m0/s1. The van der Waals surface area contributed by atoms with Crippen molar-refractivity contribution in [3.8, 4) is 6.07 Å². The van der Waals surface area contributed by atoms with Crippen molar-refractivity contribution in [2.75, 3.05) is 18.0 Å². The van der Waals surface area contributed by atoms with Gasteiger partial charge >= 0.3 is 6.18 Å². The summed E-state index contributed by atoms with van der Waals surface area (Å²) in [5.74, 6) is -2.07. The minimum atomic E-state index is -4.21. The predicted molar refractivity (Wildman–Crippen MR) is 57.5 cm³/mol. The van der Waals surface area contributed by atoms with Crippen LogP contribution < -0.4 is 4.90 Å². The maximum Gasteiger partial charge on any atom is 0.393 e. The lowest BCUT2D eigenvalue weighted by molar-refractivity contribution is -0.168. The van der Waals surface area contributed by atoms with E-state index in [2.05, 4.69) is 0 Å². The first-order chi connectivity index (χ1) is 8.41. The van der Waals surface area contributed by atoms with Crippen LogP contribution in [0.1, 0.15) is 12.0 Å². The molecule has 1 heterocycles. The van der Waals surface area contributed by atoms with Crippen LogP contribution in [0.5, 0.6) is 0 Å². The Labute approximate surface area is 101 Å². The number of rotatable bonds is 1. The average Bonchev–Trinajstić information content (AvgIpc) is 2.77. The molecule has 6 heteroatoms. The van der Waals surface area contributed by atoms with E-state index in [1.165, 1.54) is 17.0 Å². The maximum atomic E-state index is 13.4. The molecule has 0 unspecified atom stereocenters. The molecule has 0 spiro atoms. The van der Waals surface area contributed by atoms with Crippen LogP contribution in [0.3, 0.4) is 0 Å². The molecule has 1 aliphatic rings. The van der Waals surface area contributed by atoms with Crippen molar-refractivity contribution in [1.82, 2.24) is 0 Å². The number of anilines is 1. The second kappa shape index (κ2) is 4.48. The monoisotopic (exact) mass is 258 g/mol. The van der Waals surface area contributed by atoms with Gasteiger partial charge in [0.1, 0.15) is 11.9 Å². The number of hydrogen-bond acceptors (Lipinski definition) is 2. The molecule has 1 aromatic carbocycles. The predicted octanol–water partition coefficient (Wildman–Crippen LogP) is 3.09. The molecule has 1 atom stereocenters. The van der Waals surface area contributed by atoms with E-state index in [-0.39, 0.29) is 25.1 Å². The zero-order valence-corrected chi connectivity index (χ0v) is 9.34. The first-order valence-electron chi connectivity index (χ1n) is 5.43. The van der Waals surface area contributed by atoms with Crippen LogP contribution in [-0.4, -0.2) is 19.3 Å². The van der Waals surface area contributed by atoms with Gasteiger partial charge < -0.3 is 4.90 Å². The highest BCUT2D eigenvalue weighted by Crippen LogP contribution is 2.35. The van der Waals surface area contributed by atoms with Crippen LogP contribution in [0.2, 0.25) is 0 Å². The molecule has 18 heavy (non-hydrogen) atoms. The summed E-state index contributed by atoms with van der Waals surface area (Å²) in [6.45, 7) is 0.0877. The van der Waals surface area contributed by atoms with Crippen molar-refractivity contribution < 1.29 is 17.6 Å². The molecule has 2 nitrogen and oxygen atoms in total. The normalized spacial score (nSPS) is 19.9. The Kier molecular flexibility index (Phi) is 3.16. The molecule has 1 aliphatic heterocycles. The Morgan fingerprint density at radius 3 is 2.56 bits per heavy atom. The van der Waals surface area contributed by atoms with E-state index < -0.39 is 17.9 Å². The highest BCUT2D eigenvalue weighted by molar-refractivity contribution is 5.51. The fourth-order valence-electron chi connectivity index (χ4n) is 2.05. The van der Waals surface area contributed by atoms with E-state index in [0.717, 1.165) is 6.07 Å². The Morgan fingerprint density at radius 2 is 2.06 bits per heavy atom. The van der Waals surface area contributed by atoms with Gasteiger partial charge in [-0.1, -0.05) is 0 Å². The van der Waals surface area contributed by atoms with E-state index in [4.69, 9.17) is 5.26 Å². The lowest BCUT2D eigenvalue weighted by atomic mass is 10.1. The van der Waals surface area contributed by atoms with Crippen molar-refractivity contribution in [2.45, 2.75) is 12.6 Å². The largest absolute Gasteiger partial charge is 0.393 e. The van der Waals surface area contributed by atoms with Gasteiger partial charge in [-0.2, -0.15) is 18.4 Å². The number of benzene rings is 1. The van der Waals surface area contributed by atoms with Crippen LogP contribution in [-0.2, 0) is 0 Å². The van der Waals surface area contributed by atoms with E-state index in [0.29, 0.717) is 5.69 Å². The van der Waals surface area contributed by atoms with Crippen LogP contribution in [0.4, 0.5) is 23.2 Å². The summed E-state index contributed by atoms with van der Waals surface area (Å²) < 4.78 is 50.9. The molecule has 0 aliphatic carbocycles. The molecule has 0 bridgehead atoms. The molecule has 1 aromatic rings. The molecule has 2 rings (SSSR count). The van der Waals surface area contributed by atoms with Gasteiger partial charge in [0.2, 0.25) is 0 Å². The lowest BCUT2D eigenvalue weighted by Crippen LogP contribution is -2.27. The van der Waals surface area contributed by atoms with Gasteiger partial charge in [-0.25, -0.2) is 4.39 Å². The van der Waals surface area contributed by atoms with E-state index in [9.17, 15) is 17.6 Å². The second-order valence-corrected chi connectivity index (χ2v) is 4.25. The molecule has 0 aromatic heterocycles. The highest BCUT2D eigenvalue weighted by Gasteiger charge is 2.43. The Morgan fingerprint density at radius 1 is 1.33 bits per heavy atom. The average molecular weight is 258 g/mol. The Balaban J connectivity index is 2.15. The maximum absolute atomic E-state index is 13.4. The van der Waals surface area contributed by atoms with Gasteiger partial charge in [-0.15, -0.1) is 0 Å². The molecule has 96 valence electrons. The summed E-state index contributed by atoms with van der Waals surface area (Å²) in [5, 5.41) is 8.57. The van der Waals surface area contributed by atoms with Crippen molar-refractivity contribution in [2.24, 2.45) is 5.92 Å². The number of nitriles is 1. The third-order valence-electron chi connectivity index (χ3n) is 3.09. The molecule has 0 radical (unpaired) electrons. The molecule has 0 amide bonds. The number of halogens is 4. The molecule has 0 saturated carbocycles. The summed E-state index contributed by atoms with van der Waals surface area (Å²) in [5.41, 5.74) is 0.281. The topological polar surface area (TPSA) is 27.0 Å². The molecule has 1 fully saturated rings. The molecular weight excluding hydrogens is 248 g/mol. The third kappa shape index (κ3) is 2.40. The Bertz CT molecular complexity index is 490. The van der Waals surface area contributed by atoms with Crippen LogP contribution in [0, 0.1) is 23.1 Å². The second-order valence-electron chi connectivity index (χ2n) is 4.25. The third-order valence-corrected chi connectivity index (χ3v) is 3.09. The fourth-order valence-corrected chi connectivity index (χ4v) is 2.05. The van der Waals surface area contributed by atoms with E-state index >= 15 is 0 Å². The van der Waals surface area contributed by atoms with Gasteiger partial charge in [0.25, 0.3) is 0 Å². The lowest BCUT2D eigenvalue weighted by Gasteiger charge is -2.19. The van der Waals surface area contributed by atoms with Gasteiger partial charge in [0.15, 0.2) is 0 Å². The first kappa shape index (κ1) is 12.7. The summed E-state index contributed by atoms with van der Waals surface area (Å²) in [4.78, 5) is 1.49. The molecular formula is C12H10F4N2. The van der Waals surface area contributed by atoms with Gasteiger partial charge in [-0.3, -0.25) is 0 Å². The number of alkyl halides is 3.